The van der Waals surface area contributed by atoms with E-state index < -0.39 is 40.7 Å². The van der Waals surface area contributed by atoms with Crippen molar-refractivity contribution in [2.24, 2.45) is 0 Å². The highest BCUT2D eigenvalue weighted by atomic mass is 32.2. The van der Waals surface area contributed by atoms with Crippen LogP contribution in [0.2, 0.25) is 0 Å². The summed E-state index contributed by atoms with van der Waals surface area (Å²) < 4.78 is 65.5. The second kappa shape index (κ2) is 7.32. The Morgan fingerprint density at radius 2 is 1.39 bits per heavy atom. The molecule has 3 nitrogen and oxygen atoms in total. The van der Waals surface area contributed by atoms with Crippen molar-refractivity contribution in [3.05, 3.63) is 59.4 Å². The lowest BCUT2D eigenvalue weighted by Crippen LogP contribution is -2.32. The molecule has 2 N–H and O–H groups in total. The number of thioether (sulfide) groups is 1. The molecule has 0 saturated heterocycles. The summed E-state index contributed by atoms with van der Waals surface area (Å²) in [5.74, 6) is -11.4. The van der Waals surface area contributed by atoms with Gasteiger partial charge in [-0.15, -0.1) is 11.8 Å². The van der Waals surface area contributed by atoms with Crippen molar-refractivity contribution in [3.63, 3.8) is 0 Å². The van der Waals surface area contributed by atoms with Gasteiger partial charge in [0.1, 0.15) is 5.69 Å². The molecule has 0 aromatic heterocycles. The summed E-state index contributed by atoms with van der Waals surface area (Å²) in [4.78, 5) is 12.3. The maximum absolute atomic E-state index is 13.4. The molecule has 0 bridgehead atoms. The molecule has 0 radical (unpaired) electrons. The normalized spacial score (nSPS) is 10.5. The van der Waals surface area contributed by atoms with Gasteiger partial charge in [0.05, 0.1) is 5.75 Å². The number of carbonyl (C=O) groups is 1. The molecule has 23 heavy (non-hydrogen) atoms. The number of carbonyl (C=O) groups excluding carboxylic acids is 1. The summed E-state index contributed by atoms with van der Waals surface area (Å²) in [6.45, 7) is 0. The van der Waals surface area contributed by atoms with Crippen LogP contribution in [0.15, 0.2) is 35.2 Å². The van der Waals surface area contributed by atoms with Crippen LogP contribution in [0.1, 0.15) is 0 Å². The molecule has 0 unspecified atom stereocenters. The molecule has 9 heteroatoms. The fraction of sp³-hybridized carbons (Fsp3) is 0.0714. The first kappa shape index (κ1) is 17.1. The smallest absolute Gasteiger partial charge is 0.248 e. The zero-order chi connectivity index (χ0) is 17.0. The Kier molecular flexibility index (Phi) is 5.43. The molecule has 0 aliphatic carbocycles. The van der Waals surface area contributed by atoms with Gasteiger partial charge in [0.25, 0.3) is 0 Å². The predicted octanol–water partition coefficient (Wildman–Crippen LogP) is 3.62. The molecule has 0 saturated carbocycles. The van der Waals surface area contributed by atoms with Gasteiger partial charge < -0.3 is 0 Å². The molecule has 122 valence electrons. The molecule has 0 aliphatic heterocycles. The second-order valence-electron chi connectivity index (χ2n) is 4.22. The number of halogens is 5. The lowest BCUT2D eigenvalue weighted by Gasteiger charge is -2.11. The minimum Gasteiger partial charge on any atom is -0.293 e. The fourth-order valence-electron chi connectivity index (χ4n) is 1.55. The van der Waals surface area contributed by atoms with Gasteiger partial charge in [-0.05, 0) is 12.1 Å². The van der Waals surface area contributed by atoms with E-state index in [4.69, 9.17) is 0 Å². The van der Waals surface area contributed by atoms with Gasteiger partial charge in [-0.3, -0.25) is 15.6 Å². The van der Waals surface area contributed by atoms with Gasteiger partial charge in [-0.25, -0.2) is 22.0 Å². The number of anilines is 1. The van der Waals surface area contributed by atoms with E-state index >= 15 is 0 Å². The summed E-state index contributed by atoms with van der Waals surface area (Å²) in [5, 5.41) is 0. The van der Waals surface area contributed by atoms with Gasteiger partial charge in [-0.2, -0.15) is 0 Å². The van der Waals surface area contributed by atoms with Crippen LogP contribution in [0, 0.1) is 29.1 Å². The lowest BCUT2D eigenvalue weighted by molar-refractivity contribution is -0.118. The summed E-state index contributed by atoms with van der Waals surface area (Å²) in [6.07, 6.45) is 0. The van der Waals surface area contributed by atoms with Crippen molar-refractivity contribution in [1.82, 2.24) is 5.43 Å². The van der Waals surface area contributed by atoms with Crippen molar-refractivity contribution in [3.8, 4) is 0 Å². The quantitative estimate of drug-likeness (QED) is 0.285. The standard InChI is InChI=1S/C14H9F5N2OS/c15-9-10(16)12(18)14(13(19)11(9)17)21-20-8(22)6-23-7-4-2-1-3-5-7/h1-5,21H,6H2,(H,20,22). The Morgan fingerprint density at radius 1 is 0.870 bits per heavy atom. The van der Waals surface area contributed by atoms with Gasteiger partial charge in [0.15, 0.2) is 23.3 Å². The lowest BCUT2D eigenvalue weighted by atomic mass is 10.2. The highest BCUT2D eigenvalue weighted by Crippen LogP contribution is 2.26. The summed E-state index contributed by atoms with van der Waals surface area (Å²) in [6, 6.07) is 8.79. The first-order valence-corrected chi connectivity index (χ1v) is 7.14. The molecular weight excluding hydrogens is 339 g/mol. The van der Waals surface area contributed by atoms with Crippen molar-refractivity contribution < 1.29 is 26.7 Å². The third-order valence-electron chi connectivity index (χ3n) is 2.65. The number of nitrogens with one attached hydrogen (secondary N) is 2. The van der Waals surface area contributed by atoms with Crippen LogP contribution in [0.25, 0.3) is 0 Å². The number of amides is 1. The van der Waals surface area contributed by atoms with Crippen LogP contribution < -0.4 is 10.9 Å². The van der Waals surface area contributed by atoms with Gasteiger partial charge in [0, 0.05) is 4.90 Å². The number of hydrazine groups is 1. The molecule has 0 fully saturated rings. The number of benzene rings is 2. The van der Waals surface area contributed by atoms with E-state index in [9.17, 15) is 26.7 Å². The molecule has 2 rings (SSSR count). The Balaban J connectivity index is 2.00. The minimum atomic E-state index is -2.27. The third kappa shape index (κ3) is 3.92. The largest absolute Gasteiger partial charge is 0.293 e. The zero-order valence-corrected chi connectivity index (χ0v) is 12.1. The third-order valence-corrected chi connectivity index (χ3v) is 3.66. The Hall–Kier alpha value is -2.29. The molecule has 0 atom stereocenters. The molecule has 0 spiro atoms. The predicted molar refractivity (Wildman–Crippen MR) is 75.2 cm³/mol. The topological polar surface area (TPSA) is 41.1 Å². The average molecular weight is 348 g/mol. The zero-order valence-electron chi connectivity index (χ0n) is 11.3. The number of hydrogen-bond donors (Lipinski definition) is 2. The Labute approximate surface area is 131 Å². The number of hydrogen-bond acceptors (Lipinski definition) is 3. The molecule has 2 aromatic carbocycles. The van der Waals surface area contributed by atoms with E-state index in [0.717, 1.165) is 16.7 Å². The average Bonchev–Trinajstić information content (AvgIpc) is 2.57. The molecule has 0 aliphatic rings. The van der Waals surface area contributed by atoms with E-state index in [0.29, 0.717) is 0 Å². The first-order chi connectivity index (χ1) is 10.9. The molecular formula is C14H9F5N2OS. The van der Waals surface area contributed by atoms with Crippen LogP contribution in [0.4, 0.5) is 27.6 Å². The monoisotopic (exact) mass is 348 g/mol. The summed E-state index contributed by atoms with van der Waals surface area (Å²) in [5.41, 5.74) is 2.28. The highest BCUT2D eigenvalue weighted by Gasteiger charge is 2.25. The van der Waals surface area contributed by atoms with Crippen molar-refractivity contribution in [2.45, 2.75) is 4.90 Å². The van der Waals surface area contributed by atoms with Crippen LogP contribution in [0.3, 0.4) is 0 Å². The van der Waals surface area contributed by atoms with E-state index in [1.165, 1.54) is 0 Å². The first-order valence-electron chi connectivity index (χ1n) is 6.16. The summed E-state index contributed by atoms with van der Waals surface area (Å²) >= 11 is 1.13. The van der Waals surface area contributed by atoms with E-state index in [2.05, 4.69) is 0 Å². The van der Waals surface area contributed by atoms with E-state index in [1.807, 2.05) is 5.43 Å². The van der Waals surface area contributed by atoms with Crippen molar-refractivity contribution >= 4 is 23.4 Å². The molecule has 0 heterocycles. The van der Waals surface area contributed by atoms with Crippen LogP contribution in [-0.2, 0) is 4.79 Å². The second-order valence-corrected chi connectivity index (χ2v) is 5.27. The summed E-state index contributed by atoms with van der Waals surface area (Å²) in [7, 11) is 0. The fourth-order valence-corrected chi connectivity index (χ4v) is 2.27. The number of rotatable bonds is 5. The van der Waals surface area contributed by atoms with E-state index in [1.54, 1.807) is 35.8 Å². The van der Waals surface area contributed by atoms with Gasteiger partial charge in [0.2, 0.25) is 11.7 Å². The van der Waals surface area contributed by atoms with Crippen LogP contribution >= 0.6 is 11.8 Å². The van der Waals surface area contributed by atoms with Crippen LogP contribution in [-0.4, -0.2) is 11.7 Å². The molecule has 1 amide bonds. The van der Waals surface area contributed by atoms with Crippen molar-refractivity contribution in [1.29, 1.82) is 0 Å². The van der Waals surface area contributed by atoms with Crippen LogP contribution in [0.5, 0.6) is 0 Å². The Morgan fingerprint density at radius 3 is 1.96 bits per heavy atom. The highest BCUT2D eigenvalue weighted by molar-refractivity contribution is 8.00. The SMILES string of the molecule is O=C(CSc1ccccc1)NNc1c(F)c(F)c(F)c(F)c1F. The maximum atomic E-state index is 13.4. The van der Waals surface area contributed by atoms with Gasteiger partial charge in [-0.1, -0.05) is 18.2 Å². The van der Waals surface area contributed by atoms with Crippen molar-refractivity contribution in [2.75, 3.05) is 11.2 Å². The maximum Gasteiger partial charge on any atom is 0.248 e. The molecule has 2 aromatic rings. The minimum absolute atomic E-state index is 0.119. The van der Waals surface area contributed by atoms with Gasteiger partial charge >= 0.3 is 0 Å². The van der Waals surface area contributed by atoms with E-state index in [-0.39, 0.29) is 5.75 Å². The Bertz CT molecular complexity index is 698.